The monoisotopic (exact) mass is 343 g/mol. The van der Waals surface area contributed by atoms with Crippen molar-refractivity contribution in [2.45, 2.75) is 6.92 Å². The highest BCUT2D eigenvalue weighted by molar-refractivity contribution is 8.21. The van der Waals surface area contributed by atoms with Gasteiger partial charge in [-0.2, -0.15) is 4.52 Å². The molecule has 1 aliphatic rings. The molecule has 0 aromatic carbocycles. The van der Waals surface area contributed by atoms with Gasteiger partial charge in [-0.15, -0.1) is 6.42 Å². The first-order valence-corrected chi connectivity index (χ1v) is 12.9. The van der Waals surface area contributed by atoms with E-state index in [0.29, 0.717) is 12.3 Å². The fourth-order valence-electron chi connectivity index (χ4n) is 1.03. The molecule has 0 saturated heterocycles. The molecule has 1 unspecified atom stereocenters. The Balaban J connectivity index is 3.47. The SMILES string of the molecule is C#CCP1(CC)=NP(Cl)(Cl)=NP(Cl)(Cl)=N1. The van der Waals surface area contributed by atoms with Crippen molar-refractivity contribution in [3.8, 4) is 12.3 Å². The zero-order chi connectivity index (χ0) is 11.7. The third-order valence-electron chi connectivity index (χ3n) is 1.61. The third-order valence-corrected chi connectivity index (χ3v) is 14.3. The van der Waals surface area contributed by atoms with Gasteiger partial charge in [0.2, 0.25) is 0 Å². The van der Waals surface area contributed by atoms with Crippen LogP contribution in [-0.4, -0.2) is 12.3 Å². The molecule has 3 nitrogen and oxygen atoms in total. The summed E-state index contributed by atoms with van der Waals surface area (Å²) in [6.07, 6.45) is 6.33. The molecule has 0 aromatic rings. The first-order chi connectivity index (χ1) is 6.74. The number of terminal acetylenes is 1. The standard InChI is InChI=1S/C5H8Cl4N3P3/c1-3-5-13(4-2)10-14(6,7)12-15(8,9)11-13/h1H,4-5H2,2H3. The van der Waals surface area contributed by atoms with Crippen molar-refractivity contribution in [1.82, 2.24) is 0 Å². The molecule has 0 N–H and O–H groups in total. The Kier molecular flexibility index (Phi) is 4.78. The summed E-state index contributed by atoms with van der Waals surface area (Å²) in [5, 5.41) is 0. The molecule has 0 spiro atoms. The average Bonchev–Trinajstić information content (AvgIpc) is 1.98. The Labute approximate surface area is 109 Å². The molecule has 1 rings (SSSR count). The van der Waals surface area contributed by atoms with E-state index in [1.807, 2.05) is 6.92 Å². The Hall–Kier alpha value is 1.41. The van der Waals surface area contributed by atoms with E-state index in [4.69, 9.17) is 51.4 Å². The molecule has 0 saturated carbocycles. The van der Waals surface area contributed by atoms with Gasteiger partial charge in [-0.3, -0.25) is 0 Å². The number of hydrogen-bond donors (Lipinski definition) is 0. The second-order valence-corrected chi connectivity index (χ2v) is 16.1. The summed E-state index contributed by atoms with van der Waals surface area (Å²) < 4.78 is 12.5. The van der Waals surface area contributed by atoms with Gasteiger partial charge in [-0.25, -0.2) is 9.03 Å². The number of hydrogen-bond acceptors (Lipinski definition) is 3. The van der Waals surface area contributed by atoms with Crippen LogP contribution in [0.2, 0.25) is 0 Å². The summed E-state index contributed by atoms with van der Waals surface area (Å²) in [6, 6.07) is 0. The lowest BCUT2D eigenvalue weighted by atomic mass is 10.8. The van der Waals surface area contributed by atoms with E-state index in [-0.39, 0.29) is 0 Å². The third kappa shape index (κ3) is 3.97. The first-order valence-electron chi connectivity index (χ1n) is 3.86. The summed E-state index contributed by atoms with van der Waals surface area (Å²) in [4.78, 5) is 0. The number of nitrogens with zero attached hydrogens (tertiary/aromatic N) is 3. The van der Waals surface area contributed by atoms with Gasteiger partial charge in [-0.05, 0) is 51.1 Å². The smallest absolute Gasteiger partial charge is 0.212 e. The molecular weight excluding hydrogens is 337 g/mol. The minimum absolute atomic E-state index is 0.390. The van der Waals surface area contributed by atoms with Crippen LogP contribution in [0.4, 0.5) is 0 Å². The second-order valence-electron chi connectivity index (χ2n) is 2.74. The molecule has 0 radical (unpaired) electrons. The Bertz CT molecular complexity index is 457. The summed E-state index contributed by atoms with van der Waals surface area (Å²) in [5.41, 5.74) is 0. The lowest BCUT2D eigenvalue weighted by molar-refractivity contribution is 1.43. The van der Waals surface area contributed by atoms with Crippen LogP contribution in [0.25, 0.3) is 0 Å². The minimum Gasteiger partial charge on any atom is -0.212 e. The van der Waals surface area contributed by atoms with E-state index in [1.165, 1.54) is 0 Å². The molecule has 15 heavy (non-hydrogen) atoms. The van der Waals surface area contributed by atoms with Crippen LogP contribution in [0.15, 0.2) is 13.5 Å². The lowest BCUT2D eigenvalue weighted by Crippen LogP contribution is -1.88. The highest BCUT2D eigenvalue weighted by Gasteiger charge is 2.31. The van der Waals surface area contributed by atoms with Crippen molar-refractivity contribution < 1.29 is 0 Å². The van der Waals surface area contributed by atoms with Crippen LogP contribution in [0.1, 0.15) is 6.92 Å². The van der Waals surface area contributed by atoms with Gasteiger partial charge in [0.15, 0.2) is 0 Å². The van der Waals surface area contributed by atoms with Crippen LogP contribution >= 0.6 is 64.0 Å². The molecule has 0 amide bonds. The van der Waals surface area contributed by atoms with Crippen molar-refractivity contribution in [3.63, 3.8) is 0 Å². The fraction of sp³-hybridized carbons (Fsp3) is 0.600. The van der Waals surface area contributed by atoms with E-state index in [2.05, 4.69) is 19.5 Å². The maximum Gasteiger partial charge on any atom is 0.255 e. The van der Waals surface area contributed by atoms with Crippen molar-refractivity contribution in [1.29, 1.82) is 0 Å². The first kappa shape index (κ1) is 14.5. The summed E-state index contributed by atoms with van der Waals surface area (Å²) in [5.74, 6) is -3.05. The van der Waals surface area contributed by atoms with E-state index < -0.39 is 19.0 Å². The predicted molar refractivity (Wildman–Crippen MR) is 75.7 cm³/mol. The zero-order valence-electron chi connectivity index (χ0n) is 7.69. The van der Waals surface area contributed by atoms with E-state index >= 15 is 0 Å². The minimum atomic E-state index is -2.79. The Morgan fingerprint density at radius 2 is 1.60 bits per heavy atom. The summed E-state index contributed by atoms with van der Waals surface area (Å²) >= 11 is 23.8. The normalized spacial score (nSPS) is 31.7. The molecule has 0 bridgehead atoms. The molecule has 1 heterocycles. The van der Waals surface area contributed by atoms with Gasteiger partial charge in [-0.1, -0.05) is 12.8 Å². The van der Waals surface area contributed by atoms with Crippen molar-refractivity contribution in [2.75, 3.05) is 12.3 Å². The van der Waals surface area contributed by atoms with Gasteiger partial charge in [0.05, 0.1) is 13.4 Å². The largest absolute Gasteiger partial charge is 0.255 e. The molecule has 0 aromatic heterocycles. The summed E-state index contributed by atoms with van der Waals surface area (Å²) in [6.45, 7) is 1.92. The maximum absolute atomic E-state index is 5.96. The van der Waals surface area contributed by atoms with Crippen LogP contribution in [-0.2, 0) is 0 Å². The Morgan fingerprint density at radius 3 is 2.00 bits per heavy atom. The van der Waals surface area contributed by atoms with E-state index in [0.717, 1.165) is 0 Å². The van der Waals surface area contributed by atoms with E-state index in [1.54, 1.807) is 0 Å². The van der Waals surface area contributed by atoms with E-state index in [9.17, 15) is 0 Å². The second kappa shape index (κ2) is 4.96. The highest BCUT2D eigenvalue weighted by atomic mass is 35.9. The molecule has 86 valence electrons. The van der Waals surface area contributed by atoms with Gasteiger partial charge in [0.25, 0.3) is 11.8 Å². The van der Waals surface area contributed by atoms with Crippen molar-refractivity contribution in [3.05, 3.63) is 0 Å². The highest BCUT2D eigenvalue weighted by Crippen LogP contribution is 2.85. The lowest BCUT2D eigenvalue weighted by Gasteiger charge is -2.24. The topological polar surface area (TPSA) is 37.1 Å². The number of halogens is 4. The van der Waals surface area contributed by atoms with Crippen molar-refractivity contribution in [2.24, 2.45) is 13.5 Å². The predicted octanol–water partition coefficient (Wildman–Crippen LogP) is 6.62. The molecule has 0 fully saturated rings. The van der Waals surface area contributed by atoms with Gasteiger partial charge in [0.1, 0.15) is 0 Å². The summed E-state index contributed by atoms with van der Waals surface area (Å²) in [7, 11) is -2.12. The molecular formula is C5H8Cl4N3P3. The van der Waals surface area contributed by atoms with Crippen LogP contribution < -0.4 is 0 Å². The molecule has 0 aliphatic carbocycles. The van der Waals surface area contributed by atoms with Crippen LogP contribution in [0, 0.1) is 12.3 Å². The van der Waals surface area contributed by atoms with Gasteiger partial charge in [0, 0.05) is 0 Å². The van der Waals surface area contributed by atoms with Crippen LogP contribution in [0.5, 0.6) is 0 Å². The quantitative estimate of drug-likeness (QED) is 0.399. The van der Waals surface area contributed by atoms with Crippen molar-refractivity contribution >= 4 is 64.0 Å². The molecule has 10 heteroatoms. The fourth-order valence-corrected chi connectivity index (χ4v) is 18.0. The molecule has 1 atom stereocenters. The van der Waals surface area contributed by atoms with Gasteiger partial charge >= 0.3 is 0 Å². The maximum atomic E-state index is 5.96. The molecule has 1 aliphatic heterocycles. The Morgan fingerprint density at radius 1 is 1.07 bits per heavy atom. The zero-order valence-corrected chi connectivity index (χ0v) is 13.4. The van der Waals surface area contributed by atoms with Gasteiger partial charge < -0.3 is 0 Å². The number of rotatable bonds is 2. The van der Waals surface area contributed by atoms with Crippen LogP contribution in [0.3, 0.4) is 0 Å². The average molecular weight is 345 g/mol.